The summed E-state index contributed by atoms with van der Waals surface area (Å²) in [5, 5.41) is 7.57. The lowest BCUT2D eigenvalue weighted by molar-refractivity contribution is -0.136. The Morgan fingerprint density at radius 1 is 1.00 bits per heavy atom. The van der Waals surface area contributed by atoms with Gasteiger partial charge in [0.1, 0.15) is 11.3 Å². The highest BCUT2D eigenvalue weighted by Gasteiger charge is 2.33. The summed E-state index contributed by atoms with van der Waals surface area (Å²) in [6, 6.07) is 11.4. The van der Waals surface area contributed by atoms with E-state index in [1.807, 2.05) is 12.1 Å². The number of halogens is 4. The summed E-state index contributed by atoms with van der Waals surface area (Å²) in [5.74, 6) is 0.660. The number of rotatable bonds is 4. The molecule has 0 saturated heterocycles. The van der Waals surface area contributed by atoms with E-state index in [-0.39, 0.29) is 29.2 Å². The van der Waals surface area contributed by atoms with Crippen LogP contribution in [-0.2, 0) is 12.8 Å². The Labute approximate surface area is 169 Å². The topological polar surface area (TPSA) is 78.4 Å². The molecule has 29 heavy (non-hydrogen) atoms. The third kappa shape index (κ3) is 4.16. The lowest BCUT2D eigenvalue weighted by atomic mass is 10.1. The summed E-state index contributed by atoms with van der Waals surface area (Å²) >= 11 is 3.33. The molecule has 0 aliphatic carbocycles. The minimum Gasteiger partial charge on any atom is -0.484 e. The maximum absolute atomic E-state index is 13.1. The average molecular weight is 467 g/mol. The molecule has 0 atom stereocenters. The van der Waals surface area contributed by atoms with Crippen LogP contribution in [0.15, 0.2) is 66.6 Å². The van der Waals surface area contributed by atoms with Gasteiger partial charge >= 0.3 is 11.8 Å². The van der Waals surface area contributed by atoms with Crippen LogP contribution in [0.4, 0.5) is 13.2 Å². The van der Waals surface area contributed by atoms with E-state index >= 15 is 0 Å². The smallest absolute Gasteiger partial charge is 0.417 e. The zero-order valence-corrected chi connectivity index (χ0v) is 16.0. The van der Waals surface area contributed by atoms with Gasteiger partial charge in [0, 0.05) is 27.6 Å². The first-order valence-electron chi connectivity index (χ1n) is 8.16. The Hall–Kier alpha value is -3.14. The van der Waals surface area contributed by atoms with Crippen molar-refractivity contribution in [3.63, 3.8) is 0 Å². The Morgan fingerprint density at radius 3 is 2.48 bits per heavy atom. The first-order chi connectivity index (χ1) is 13.8. The summed E-state index contributed by atoms with van der Waals surface area (Å²) in [5.41, 5.74) is -1.67. The van der Waals surface area contributed by atoms with Crippen molar-refractivity contribution in [1.82, 2.24) is 10.2 Å². The quantitative estimate of drug-likeness (QED) is 0.384. The van der Waals surface area contributed by atoms with Crippen LogP contribution in [0.3, 0.4) is 0 Å². The summed E-state index contributed by atoms with van der Waals surface area (Å²) in [7, 11) is 0. The number of ether oxygens (including phenoxy) is 1. The fraction of sp³-hybridized carbons (Fsp3) is 0.105. The summed E-state index contributed by atoms with van der Waals surface area (Å²) in [4.78, 5) is 11.5. The van der Waals surface area contributed by atoms with Crippen molar-refractivity contribution in [3.8, 4) is 17.2 Å². The molecular formula is C19H10BrF3N2O4. The third-order valence-corrected chi connectivity index (χ3v) is 4.47. The molecule has 0 unspecified atom stereocenters. The summed E-state index contributed by atoms with van der Waals surface area (Å²) < 4.78 is 56.0. The number of aromatic nitrogens is 2. The van der Waals surface area contributed by atoms with Crippen LogP contribution < -0.4 is 10.4 Å². The summed E-state index contributed by atoms with van der Waals surface area (Å²) in [6.45, 7) is -0.113. The van der Waals surface area contributed by atoms with Gasteiger partial charge in [-0.25, -0.2) is 4.79 Å². The standard InChI is InChI=1S/C19H10BrF3N2O4/c20-11-3-1-10(2-4-11)18-25-24-16(29-18)9-27-12-5-6-13-14(19(21,22)23)8-17(26)28-15(13)7-12/h1-8H,9H2. The van der Waals surface area contributed by atoms with Gasteiger partial charge in [-0.3, -0.25) is 0 Å². The van der Waals surface area contributed by atoms with E-state index in [4.69, 9.17) is 13.6 Å². The molecular weight excluding hydrogens is 457 g/mol. The van der Waals surface area contributed by atoms with Gasteiger partial charge < -0.3 is 13.6 Å². The van der Waals surface area contributed by atoms with Crippen LogP contribution in [0, 0.1) is 0 Å². The maximum Gasteiger partial charge on any atom is 0.417 e. The van der Waals surface area contributed by atoms with Crippen LogP contribution in [0.25, 0.3) is 22.4 Å². The van der Waals surface area contributed by atoms with Crippen LogP contribution >= 0.6 is 15.9 Å². The van der Waals surface area contributed by atoms with E-state index in [0.717, 1.165) is 10.0 Å². The molecule has 2 aromatic heterocycles. The van der Waals surface area contributed by atoms with Crippen LogP contribution in [-0.4, -0.2) is 10.2 Å². The maximum atomic E-state index is 13.1. The van der Waals surface area contributed by atoms with Gasteiger partial charge in [0.05, 0.1) is 5.56 Å². The highest BCUT2D eigenvalue weighted by atomic mass is 79.9. The molecule has 0 aliphatic heterocycles. The Balaban J connectivity index is 1.55. The largest absolute Gasteiger partial charge is 0.484 e. The second-order valence-corrected chi connectivity index (χ2v) is 6.85. The molecule has 10 heteroatoms. The SMILES string of the molecule is O=c1cc(C(F)(F)F)c2ccc(OCc3nnc(-c4ccc(Br)cc4)o3)cc2o1. The Morgan fingerprint density at radius 2 is 1.76 bits per heavy atom. The van der Waals surface area contributed by atoms with Crippen LogP contribution in [0.2, 0.25) is 0 Å². The first kappa shape index (κ1) is 19.2. The van der Waals surface area contributed by atoms with Gasteiger partial charge in [-0.05, 0) is 36.4 Å². The van der Waals surface area contributed by atoms with E-state index in [1.54, 1.807) is 12.1 Å². The molecule has 6 nitrogen and oxygen atoms in total. The van der Waals surface area contributed by atoms with Gasteiger partial charge in [-0.1, -0.05) is 15.9 Å². The third-order valence-electron chi connectivity index (χ3n) is 3.94. The predicted octanol–water partition coefficient (Wildman–Crippen LogP) is 5.20. The molecule has 0 amide bonds. The fourth-order valence-electron chi connectivity index (χ4n) is 2.63. The van der Waals surface area contributed by atoms with E-state index < -0.39 is 17.4 Å². The molecule has 4 aromatic rings. The normalized spacial score (nSPS) is 11.7. The van der Waals surface area contributed by atoms with Gasteiger partial charge in [-0.15, -0.1) is 10.2 Å². The fourth-order valence-corrected chi connectivity index (χ4v) is 2.90. The molecule has 0 spiro atoms. The van der Waals surface area contributed by atoms with Gasteiger partial charge in [0.25, 0.3) is 5.89 Å². The van der Waals surface area contributed by atoms with Crippen molar-refractivity contribution in [2.45, 2.75) is 12.8 Å². The molecule has 0 saturated carbocycles. The first-order valence-corrected chi connectivity index (χ1v) is 8.95. The van der Waals surface area contributed by atoms with Gasteiger partial charge in [0.2, 0.25) is 5.89 Å². The molecule has 0 radical (unpaired) electrons. The Kier molecular flexibility index (Phi) is 4.87. The van der Waals surface area contributed by atoms with E-state index in [9.17, 15) is 18.0 Å². The number of hydrogen-bond acceptors (Lipinski definition) is 6. The van der Waals surface area contributed by atoms with E-state index in [1.165, 1.54) is 18.2 Å². The van der Waals surface area contributed by atoms with E-state index in [0.29, 0.717) is 12.0 Å². The average Bonchev–Trinajstić information content (AvgIpc) is 3.14. The highest BCUT2D eigenvalue weighted by molar-refractivity contribution is 9.10. The molecule has 4 rings (SSSR count). The van der Waals surface area contributed by atoms with Crippen molar-refractivity contribution in [1.29, 1.82) is 0 Å². The minimum atomic E-state index is -4.68. The molecule has 0 fully saturated rings. The van der Waals surface area contributed by atoms with E-state index in [2.05, 4.69) is 26.1 Å². The van der Waals surface area contributed by atoms with Crippen LogP contribution in [0.1, 0.15) is 11.5 Å². The number of alkyl halides is 3. The molecule has 2 heterocycles. The zero-order valence-electron chi connectivity index (χ0n) is 14.4. The molecule has 2 aromatic carbocycles. The molecule has 0 N–H and O–H groups in total. The molecule has 148 valence electrons. The van der Waals surface area contributed by atoms with Crippen molar-refractivity contribution in [2.24, 2.45) is 0 Å². The monoisotopic (exact) mass is 466 g/mol. The summed E-state index contributed by atoms with van der Waals surface area (Å²) in [6.07, 6.45) is -4.68. The number of hydrogen-bond donors (Lipinski definition) is 0. The second kappa shape index (κ2) is 7.36. The highest BCUT2D eigenvalue weighted by Crippen LogP contribution is 2.35. The number of nitrogens with zero attached hydrogens (tertiary/aromatic N) is 2. The second-order valence-electron chi connectivity index (χ2n) is 5.93. The lowest BCUT2D eigenvalue weighted by Gasteiger charge is -2.10. The van der Waals surface area contributed by atoms with Crippen molar-refractivity contribution in [3.05, 3.63) is 74.9 Å². The minimum absolute atomic E-state index is 0.113. The molecule has 0 bridgehead atoms. The predicted molar refractivity (Wildman–Crippen MR) is 99.3 cm³/mol. The van der Waals surface area contributed by atoms with Crippen molar-refractivity contribution < 1.29 is 26.7 Å². The van der Waals surface area contributed by atoms with Crippen LogP contribution in [0.5, 0.6) is 5.75 Å². The van der Waals surface area contributed by atoms with Crippen molar-refractivity contribution >= 4 is 26.9 Å². The zero-order chi connectivity index (χ0) is 20.6. The Bertz CT molecular complexity index is 1230. The molecule has 0 aliphatic rings. The van der Waals surface area contributed by atoms with Gasteiger partial charge in [-0.2, -0.15) is 13.2 Å². The number of fused-ring (bicyclic) bond motifs is 1. The number of benzene rings is 2. The van der Waals surface area contributed by atoms with Gasteiger partial charge in [0.15, 0.2) is 6.61 Å². The van der Waals surface area contributed by atoms with Crippen molar-refractivity contribution in [2.75, 3.05) is 0 Å². The lowest BCUT2D eigenvalue weighted by Crippen LogP contribution is -2.11.